The quantitative estimate of drug-likeness (QED) is 0.197. The van der Waals surface area contributed by atoms with Crippen LogP contribution in [0.5, 0.6) is 0 Å². The van der Waals surface area contributed by atoms with Crippen molar-refractivity contribution in [3.63, 3.8) is 0 Å². The van der Waals surface area contributed by atoms with Gasteiger partial charge in [-0.3, -0.25) is 0 Å². The maximum Gasteiger partial charge on any atom is 0.137 e. The monoisotopic (exact) mass is 676 g/mol. The molecule has 0 radical (unpaired) electrons. The van der Waals surface area contributed by atoms with E-state index in [0.29, 0.717) is 0 Å². The second-order valence-electron chi connectivity index (χ2n) is 13.8. The summed E-state index contributed by atoms with van der Waals surface area (Å²) in [6, 6.07) is 67.4. The molecule has 2 aromatic heterocycles. The Hall–Kier alpha value is -7.10. The molecular weight excluding hydrogens is 645 g/mol. The van der Waals surface area contributed by atoms with Crippen molar-refractivity contribution >= 4 is 76.7 Å². The summed E-state index contributed by atoms with van der Waals surface area (Å²) in [5.74, 6) is 0. The Kier molecular flexibility index (Phi) is 6.55. The number of rotatable bonds is 5. The van der Waals surface area contributed by atoms with E-state index in [1.807, 2.05) is 6.07 Å². The standard InChI is InChI=1S/C50H32N2O/c1-2-13-35-30-38(25-23-32(35)11-1)51-44-20-7-5-17-39(44)37-16-9-15-34(29-37)36-24-27-46-43(31-36)41-26-28-48-49(42-19-6-8-22-47(42)53-48)50(41)52(46)45-21-10-14-33-12-3-4-18-40(33)45/h1-31,51H. The molecule has 2 heterocycles. The van der Waals surface area contributed by atoms with Gasteiger partial charge in [0.2, 0.25) is 0 Å². The topological polar surface area (TPSA) is 30.1 Å². The van der Waals surface area contributed by atoms with Crippen LogP contribution in [0.3, 0.4) is 0 Å². The molecule has 0 spiro atoms. The number of fused-ring (bicyclic) bond motifs is 9. The van der Waals surface area contributed by atoms with E-state index in [0.717, 1.165) is 50.1 Å². The van der Waals surface area contributed by atoms with E-state index in [1.54, 1.807) is 0 Å². The number of anilines is 2. The Morgan fingerprint density at radius 1 is 0.415 bits per heavy atom. The number of nitrogens with zero attached hydrogens (tertiary/aromatic N) is 1. The van der Waals surface area contributed by atoms with Gasteiger partial charge >= 0.3 is 0 Å². The summed E-state index contributed by atoms with van der Waals surface area (Å²) in [5.41, 5.74) is 12.1. The van der Waals surface area contributed by atoms with Gasteiger partial charge in [0.1, 0.15) is 11.2 Å². The van der Waals surface area contributed by atoms with Crippen molar-refractivity contribution in [1.82, 2.24) is 4.57 Å². The van der Waals surface area contributed by atoms with Gasteiger partial charge in [0, 0.05) is 38.5 Å². The maximum atomic E-state index is 6.43. The lowest BCUT2D eigenvalue weighted by Crippen LogP contribution is -1.95. The molecular formula is C50H32N2O. The fourth-order valence-corrected chi connectivity index (χ4v) is 8.28. The fourth-order valence-electron chi connectivity index (χ4n) is 8.28. The van der Waals surface area contributed by atoms with Crippen molar-refractivity contribution in [3.05, 3.63) is 188 Å². The van der Waals surface area contributed by atoms with Gasteiger partial charge in [0.15, 0.2) is 0 Å². The highest BCUT2D eigenvalue weighted by Gasteiger charge is 2.20. The second kappa shape index (κ2) is 11.7. The van der Waals surface area contributed by atoms with Crippen molar-refractivity contribution in [2.24, 2.45) is 0 Å². The lowest BCUT2D eigenvalue weighted by Gasteiger charge is -2.14. The molecule has 3 nitrogen and oxygen atoms in total. The van der Waals surface area contributed by atoms with Crippen LogP contribution < -0.4 is 5.32 Å². The van der Waals surface area contributed by atoms with Crippen LogP contribution in [0.2, 0.25) is 0 Å². The van der Waals surface area contributed by atoms with E-state index >= 15 is 0 Å². The van der Waals surface area contributed by atoms with Crippen molar-refractivity contribution in [2.75, 3.05) is 5.32 Å². The third-order valence-corrected chi connectivity index (χ3v) is 10.7. The van der Waals surface area contributed by atoms with E-state index in [9.17, 15) is 0 Å². The lowest BCUT2D eigenvalue weighted by molar-refractivity contribution is 0.669. The highest BCUT2D eigenvalue weighted by Crippen LogP contribution is 2.43. The van der Waals surface area contributed by atoms with E-state index in [-0.39, 0.29) is 0 Å². The van der Waals surface area contributed by atoms with Crippen LogP contribution in [0.1, 0.15) is 0 Å². The van der Waals surface area contributed by atoms with Gasteiger partial charge in [-0.1, -0.05) is 127 Å². The predicted octanol–water partition coefficient (Wildman–Crippen LogP) is 14.1. The summed E-state index contributed by atoms with van der Waals surface area (Å²) in [6.45, 7) is 0. The highest BCUT2D eigenvalue weighted by atomic mass is 16.3. The smallest absolute Gasteiger partial charge is 0.137 e. The maximum absolute atomic E-state index is 6.43. The highest BCUT2D eigenvalue weighted by molar-refractivity contribution is 6.25. The minimum atomic E-state index is 0.895. The first-order valence-electron chi connectivity index (χ1n) is 18.1. The van der Waals surface area contributed by atoms with Gasteiger partial charge in [-0.2, -0.15) is 0 Å². The van der Waals surface area contributed by atoms with Gasteiger partial charge < -0.3 is 14.3 Å². The van der Waals surface area contributed by atoms with E-state index in [2.05, 4.69) is 192 Å². The summed E-state index contributed by atoms with van der Waals surface area (Å²) in [6.07, 6.45) is 0. The van der Waals surface area contributed by atoms with Crippen LogP contribution in [0, 0.1) is 0 Å². The number of aromatic nitrogens is 1. The molecule has 0 bridgehead atoms. The first-order chi connectivity index (χ1) is 26.3. The van der Waals surface area contributed by atoms with Crippen molar-refractivity contribution in [3.8, 4) is 27.9 Å². The normalized spacial score (nSPS) is 11.8. The number of hydrogen-bond acceptors (Lipinski definition) is 2. The molecule has 53 heavy (non-hydrogen) atoms. The van der Waals surface area contributed by atoms with Crippen LogP contribution in [-0.4, -0.2) is 4.57 Å². The summed E-state index contributed by atoms with van der Waals surface area (Å²) in [7, 11) is 0. The molecule has 1 N–H and O–H groups in total. The number of nitrogens with one attached hydrogen (secondary N) is 1. The number of benzene rings is 9. The molecule has 0 unspecified atom stereocenters. The predicted molar refractivity (Wildman–Crippen MR) is 224 cm³/mol. The van der Waals surface area contributed by atoms with E-state index in [1.165, 1.54) is 54.5 Å². The molecule has 0 saturated carbocycles. The van der Waals surface area contributed by atoms with Crippen LogP contribution in [-0.2, 0) is 0 Å². The van der Waals surface area contributed by atoms with Gasteiger partial charge in [-0.25, -0.2) is 0 Å². The molecule has 0 aliphatic heterocycles. The first kappa shape index (κ1) is 29.6. The largest absolute Gasteiger partial charge is 0.456 e. The van der Waals surface area contributed by atoms with Gasteiger partial charge in [-0.15, -0.1) is 0 Å². The molecule has 9 aromatic carbocycles. The van der Waals surface area contributed by atoms with E-state index in [4.69, 9.17) is 4.42 Å². The van der Waals surface area contributed by atoms with Crippen molar-refractivity contribution < 1.29 is 4.42 Å². The molecule has 0 amide bonds. The van der Waals surface area contributed by atoms with Gasteiger partial charge in [0.05, 0.1) is 22.1 Å². The molecule has 0 fully saturated rings. The minimum Gasteiger partial charge on any atom is -0.456 e. The molecule has 0 atom stereocenters. The third-order valence-electron chi connectivity index (χ3n) is 10.7. The van der Waals surface area contributed by atoms with Gasteiger partial charge in [0.25, 0.3) is 0 Å². The zero-order chi connectivity index (χ0) is 34.9. The average molecular weight is 677 g/mol. The Morgan fingerprint density at radius 3 is 2.09 bits per heavy atom. The fraction of sp³-hybridized carbons (Fsp3) is 0. The van der Waals surface area contributed by atoms with Gasteiger partial charge in [-0.05, 0) is 93.5 Å². The minimum absolute atomic E-state index is 0.895. The molecule has 0 aliphatic rings. The number of hydrogen-bond donors (Lipinski definition) is 1. The van der Waals surface area contributed by atoms with Crippen molar-refractivity contribution in [1.29, 1.82) is 0 Å². The molecule has 248 valence electrons. The van der Waals surface area contributed by atoms with Crippen molar-refractivity contribution in [2.45, 2.75) is 0 Å². The van der Waals surface area contributed by atoms with Crippen LogP contribution >= 0.6 is 0 Å². The average Bonchev–Trinajstić information content (AvgIpc) is 3.76. The Balaban J connectivity index is 1.09. The molecule has 0 saturated heterocycles. The summed E-state index contributed by atoms with van der Waals surface area (Å²) >= 11 is 0. The first-order valence-corrected chi connectivity index (χ1v) is 18.1. The molecule has 3 heteroatoms. The third kappa shape index (κ3) is 4.75. The molecule has 11 aromatic rings. The molecule has 11 rings (SSSR count). The zero-order valence-electron chi connectivity index (χ0n) is 28.8. The van der Waals surface area contributed by atoms with Crippen LogP contribution in [0.25, 0.3) is 93.2 Å². The summed E-state index contributed by atoms with van der Waals surface area (Å²) in [4.78, 5) is 0. The lowest BCUT2D eigenvalue weighted by atomic mass is 9.97. The summed E-state index contributed by atoms with van der Waals surface area (Å²) in [5, 5.41) is 13.3. The van der Waals surface area contributed by atoms with Crippen LogP contribution in [0.15, 0.2) is 192 Å². The SMILES string of the molecule is c1cc(-c2ccc3c(c2)c2ccc4oc5ccccc5c4c2n3-c2cccc3ccccc23)cc(-c2ccccc2Nc2ccc3ccccc3c2)c1. The number of para-hydroxylation sites is 2. The Labute approximate surface area is 306 Å². The van der Waals surface area contributed by atoms with Crippen LogP contribution in [0.4, 0.5) is 11.4 Å². The van der Waals surface area contributed by atoms with E-state index < -0.39 is 0 Å². The number of furan rings is 1. The second-order valence-corrected chi connectivity index (χ2v) is 13.8. The zero-order valence-corrected chi connectivity index (χ0v) is 28.8. The molecule has 0 aliphatic carbocycles. The Bertz CT molecular complexity index is 3210. The Morgan fingerprint density at radius 2 is 1.15 bits per heavy atom. The summed E-state index contributed by atoms with van der Waals surface area (Å²) < 4.78 is 8.88.